The van der Waals surface area contributed by atoms with Crippen LogP contribution in [-0.2, 0) is 9.53 Å². The second kappa shape index (κ2) is 4.43. The Labute approximate surface area is 87.4 Å². The Morgan fingerprint density at radius 2 is 1.93 bits per heavy atom. The molecule has 0 N–H and O–H groups in total. The number of carbonyl (C=O) groups is 1. The molecule has 1 aliphatic heterocycles. The maximum absolute atomic E-state index is 11.7. The SMILES string of the molecule is O=C(COC(F)F)N1C[C@@H]2CCC[C@H]2C1. The molecule has 0 aromatic rings. The first-order chi connectivity index (χ1) is 7.16. The van der Waals surface area contributed by atoms with Gasteiger partial charge in [0, 0.05) is 13.1 Å². The number of alkyl halides is 2. The summed E-state index contributed by atoms with van der Waals surface area (Å²) in [5.74, 6) is 0.894. The van der Waals surface area contributed by atoms with Crippen LogP contribution in [0.1, 0.15) is 19.3 Å². The van der Waals surface area contributed by atoms with Crippen LogP contribution in [0.2, 0.25) is 0 Å². The third-order valence-electron chi connectivity index (χ3n) is 3.41. The molecule has 2 fully saturated rings. The second-order valence-corrected chi connectivity index (χ2v) is 4.32. The van der Waals surface area contributed by atoms with Crippen LogP contribution in [0.5, 0.6) is 0 Å². The highest BCUT2D eigenvalue weighted by molar-refractivity contribution is 5.77. The predicted molar refractivity (Wildman–Crippen MR) is 49.4 cm³/mol. The van der Waals surface area contributed by atoms with Gasteiger partial charge in [-0.2, -0.15) is 8.78 Å². The molecule has 15 heavy (non-hydrogen) atoms. The zero-order valence-electron chi connectivity index (χ0n) is 8.49. The Morgan fingerprint density at radius 1 is 1.33 bits per heavy atom. The van der Waals surface area contributed by atoms with E-state index in [-0.39, 0.29) is 5.91 Å². The lowest BCUT2D eigenvalue weighted by molar-refractivity contribution is -0.159. The molecule has 2 rings (SSSR count). The maximum Gasteiger partial charge on any atom is 0.345 e. The predicted octanol–water partition coefficient (Wildman–Crippen LogP) is 1.48. The van der Waals surface area contributed by atoms with Crippen molar-refractivity contribution in [2.45, 2.75) is 25.9 Å². The molecule has 2 atom stereocenters. The molecule has 0 unspecified atom stereocenters. The number of rotatable bonds is 3. The van der Waals surface area contributed by atoms with Gasteiger partial charge in [-0.15, -0.1) is 0 Å². The molecule has 0 aromatic carbocycles. The highest BCUT2D eigenvalue weighted by atomic mass is 19.3. The van der Waals surface area contributed by atoms with Crippen LogP contribution in [0.4, 0.5) is 8.78 Å². The van der Waals surface area contributed by atoms with Crippen molar-refractivity contribution in [2.24, 2.45) is 11.8 Å². The molecule has 1 heterocycles. The molecule has 0 bridgehead atoms. The zero-order chi connectivity index (χ0) is 10.8. The molecule has 5 heteroatoms. The zero-order valence-corrected chi connectivity index (χ0v) is 8.49. The van der Waals surface area contributed by atoms with Crippen LogP contribution in [0.3, 0.4) is 0 Å². The van der Waals surface area contributed by atoms with E-state index in [0.29, 0.717) is 11.8 Å². The van der Waals surface area contributed by atoms with Crippen molar-refractivity contribution >= 4 is 5.91 Å². The van der Waals surface area contributed by atoms with E-state index in [1.165, 1.54) is 19.3 Å². The summed E-state index contributed by atoms with van der Waals surface area (Å²) in [5, 5.41) is 0. The van der Waals surface area contributed by atoms with Crippen molar-refractivity contribution in [2.75, 3.05) is 19.7 Å². The number of ether oxygens (including phenoxy) is 1. The van der Waals surface area contributed by atoms with Crippen molar-refractivity contribution < 1.29 is 18.3 Å². The van der Waals surface area contributed by atoms with Gasteiger partial charge in [0.05, 0.1) is 0 Å². The summed E-state index contributed by atoms with van der Waals surface area (Å²) in [4.78, 5) is 13.1. The van der Waals surface area contributed by atoms with E-state index >= 15 is 0 Å². The van der Waals surface area contributed by atoms with Gasteiger partial charge in [-0.05, 0) is 24.7 Å². The van der Waals surface area contributed by atoms with Gasteiger partial charge < -0.3 is 9.64 Å². The molecule has 0 spiro atoms. The summed E-state index contributed by atoms with van der Waals surface area (Å²) >= 11 is 0. The Hall–Kier alpha value is -0.710. The largest absolute Gasteiger partial charge is 0.345 e. The molecular formula is C10H15F2NO2. The van der Waals surface area contributed by atoms with Gasteiger partial charge in [0.15, 0.2) is 0 Å². The Balaban J connectivity index is 1.78. The molecule has 1 aliphatic carbocycles. The van der Waals surface area contributed by atoms with Crippen molar-refractivity contribution in [1.82, 2.24) is 4.90 Å². The van der Waals surface area contributed by atoms with E-state index in [1.54, 1.807) is 4.90 Å². The van der Waals surface area contributed by atoms with E-state index in [1.807, 2.05) is 0 Å². The molecule has 86 valence electrons. The number of fused-ring (bicyclic) bond motifs is 1. The van der Waals surface area contributed by atoms with Gasteiger partial charge >= 0.3 is 6.61 Å². The van der Waals surface area contributed by atoms with Crippen LogP contribution >= 0.6 is 0 Å². The average molecular weight is 219 g/mol. The van der Waals surface area contributed by atoms with Crippen LogP contribution < -0.4 is 0 Å². The minimum absolute atomic E-state index is 0.301. The molecule has 1 saturated carbocycles. The third kappa shape index (κ3) is 2.45. The third-order valence-corrected chi connectivity index (χ3v) is 3.41. The van der Waals surface area contributed by atoms with Gasteiger partial charge in [0.1, 0.15) is 6.61 Å². The first-order valence-corrected chi connectivity index (χ1v) is 5.34. The molecule has 0 aromatic heterocycles. The number of amides is 1. The molecule has 1 amide bonds. The number of hydrogen-bond donors (Lipinski definition) is 0. The summed E-state index contributed by atoms with van der Waals surface area (Å²) in [5.41, 5.74) is 0. The van der Waals surface area contributed by atoms with E-state index in [4.69, 9.17) is 0 Å². The Bertz CT molecular complexity index is 236. The molecule has 3 nitrogen and oxygen atoms in total. The number of likely N-dealkylation sites (tertiary alicyclic amines) is 1. The monoisotopic (exact) mass is 219 g/mol. The minimum Gasteiger partial charge on any atom is -0.340 e. The topological polar surface area (TPSA) is 29.5 Å². The Morgan fingerprint density at radius 3 is 2.47 bits per heavy atom. The lowest BCUT2D eigenvalue weighted by atomic mass is 10.0. The number of carbonyl (C=O) groups excluding carboxylic acids is 1. The van der Waals surface area contributed by atoms with Gasteiger partial charge in [-0.1, -0.05) is 6.42 Å². The summed E-state index contributed by atoms with van der Waals surface area (Å²) in [6.45, 7) is -1.88. The molecular weight excluding hydrogens is 204 g/mol. The van der Waals surface area contributed by atoms with E-state index in [2.05, 4.69) is 4.74 Å². The van der Waals surface area contributed by atoms with Crippen LogP contribution in [-0.4, -0.2) is 37.1 Å². The fourth-order valence-corrected chi connectivity index (χ4v) is 2.66. The highest BCUT2D eigenvalue weighted by Crippen LogP contribution is 2.37. The quantitative estimate of drug-likeness (QED) is 0.719. The van der Waals surface area contributed by atoms with E-state index in [9.17, 15) is 13.6 Å². The van der Waals surface area contributed by atoms with Crippen LogP contribution in [0.25, 0.3) is 0 Å². The van der Waals surface area contributed by atoms with Crippen LogP contribution in [0, 0.1) is 11.8 Å². The van der Waals surface area contributed by atoms with E-state index in [0.717, 1.165) is 13.1 Å². The standard InChI is InChI=1S/C10H15F2NO2/c11-10(12)15-6-9(14)13-4-7-2-1-3-8(7)5-13/h7-8,10H,1-6H2/t7-,8-/m0/s1. The number of hydrogen-bond acceptors (Lipinski definition) is 2. The number of halogens is 2. The van der Waals surface area contributed by atoms with Crippen LogP contribution in [0.15, 0.2) is 0 Å². The summed E-state index contributed by atoms with van der Waals surface area (Å²) in [6.07, 6.45) is 3.58. The summed E-state index contributed by atoms with van der Waals surface area (Å²) in [6, 6.07) is 0. The van der Waals surface area contributed by atoms with Crippen molar-refractivity contribution in [3.05, 3.63) is 0 Å². The normalized spacial score (nSPS) is 29.9. The van der Waals surface area contributed by atoms with Crippen molar-refractivity contribution in [3.63, 3.8) is 0 Å². The first kappa shape index (κ1) is 10.8. The summed E-state index contributed by atoms with van der Waals surface area (Å²) in [7, 11) is 0. The minimum atomic E-state index is -2.85. The second-order valence-electron chi connectivity index (χ2n) is 4.32. The smallest absolute Gasteiger partial charge is 0.340 e. The lowest BCUT2D eigenvalue weighted by Crippen LogP contribution is -2.33. The summed E-state index contributed by atoms with van der Waals surface area (Å²) < 4.78 is 27.5. The molecule has 2 aliphatic rings. The van der Waals surface area contributed by atoms with Gasteiger partial charge in [0.2, 0.25) is 5.91 Å². The van der Waals surface area contributed by atoms with Crippen molar-refractivity contribution in [3.8, 4) is 0 Å². The maximum atomic E-state index is 11.7. The fraction of sp³-hybridized carbons (Fsp3) is 0.900. The highest BCUT2D eigenvalue weighted by Gasteiger charge is 2.37. The Kier molecular flexibility index (Phi) is 3.19. The fourth-order valence-electron chi connectivity index (χ4n) is 2.66. The number of nitrogens with zero attached hydrogens (tertiary/aromatic N) is 1. The van der Waals surface area contributed by atoms with Gasteiger partial charge in [-0.3, -0.25) is 4.79 Å². The average Bonchev–Trinajstić information content (AvgIpc) is 2.72. The lowest BCUT2D eigenvalue weighted by Gasteiger charge is -2.16. The molecule has 0 radical (unpaired) electrons. The van der Waals surface area contributed by atoms with Crippen molar-refractivity contribution in [1.29, 1.82) is 0 Å². The van der Waals surface area contributed by atoms with E-state index < -0.39 is 13.2 Å². The van der Waals surface area contributed by atoms with Gasteiger partial charge in [-0.25, -0.2) is 0 Å². The first-order valence-electron chi connectivity index (χ1n) is 5.34. The molecule has 1 saturated heterocycles. The van der Waals surface area contributed by atoms with Gasteiger partial charge in [0.25, 0.3) is 0 Å².